The third kappa shape index (κ3) is 2.78. The predicted octanol–water partition coefficient (Wildman–Crippen LogP) is 3.72. The van der Waals surface area contributed by atoms with E-state index in [4.69, 9.17) is 0 Å². The van der Waals surface area contributed by atoms with Gasteiger partial charge in [-0.3, -0.25) is 10.1 Å². The summed E-state index contributed by atoms with van der Waals surface area (Å²) in [6.45, 7) is 3.92. The Kier molecular flexibility index (Phi) is 3.77. The molecule has 0 atom stereocenters. The van der Waals surface area contributed by atoms with Crippen molar-refractivity contribution in [1.29, 1.82) is 0 Å². The molecule has 0 saturated carbocycles. The SMILES string of the molecule is Cc1ccccc1C(=O)Nc1nn2c(-c3ccccc3C)nnc2s1. The molecule has 124 valence electrons. The van der Waals surface area contributed by atoms with Crippen LogP contribution in [0.4, 0.5) is 5.13 Å². The fourth-order valence-electron chi connectivity index (χ4n) is 2.65. The van der Waals surface area contributed by atoms with E-state index in [1.807, 2.05) is 56.3 Å². The average molecular weight is 349 g/mol. The minimum Gasteiger partial charge on any atom is -0.296 e. The van der Waals surface area contributed by atoms with Gasteiger partial charge in [-0.2, -0.15) is 4.52 Å². The zero-order valence-electron chi connectivity index (χ0n) is 13.7. The Morgan fingerprint density at radius 3 is 2.48 bits per heavy atom. The van der Waals surface area contributed by atoms with Crippen molar-refractivity contribution in [2.75, 3.05) is 5.32 Å². The quantitative estimate of drug-likeness (QED) is 0.612. The van der Waals surface area contributed by atoms with Crippen LogP contribution in [0.25, 0.3) is 16.3 Å². The number of nitrogens with zero attached hydrogens (tertiary/aromatic N) is 4. The summed E-state index contributed by atoms with van der Waals surface area (Å²) in [5.74, 6) is 0.487. The largest absolute Gasteiger partial charge is 0.296 e. The molecular weight excluding hydrogens is 334 g/mol. The Morgan fingerprint density at radius 2 is 1.72 bits per heavy atom. The number of carbonyl (C=O) groups excluding carboxylic acids is 1. The average Bonchev–Trinajstić information content (AvgIpc) is 3.16. The van der Waals surface area contributed by atoms with Gasteiger partial charge in [-0.25, -0.2) is 0 Å². The molecule has 1 N–H and O–H groups in total. The van der Waals surface area contributed by atoms with E-state index in [2.05, 4.69) is 20.6 Å². The van der Waals surface area contributed by atoms with E-state index < -0.39 is 0 Å². The number of aromatic nitrogens is 4. The molecule has 1 amide bonds. The summed E-state index contributed by atoms with van der Waals surface area (Å²) in [4.78, 5) is 13.1. The first-order chi connectivity index (χ1) is 12.1. The molecule has 2 aromatic carbocycles. The van der Waals surface area contributed by atoms with E-state index in [1.54, 1.807) is 10.6 Å². The second-order valence-corrected chi connectivity index (χ2v) is 6.67. The van der Waals surface area contributed by atoms with Crippen molar-refractivity contribution in [2.45, 2.75) is 13.8 Å². The van der Waals surface area contributed by atoms with Gasteiger partial charge in [-0.15, -0.1) is 15.3 Å². The molecule has 0 radical (unpaired) electrons. The van der Waals surface area contributed by atoms with Crippen LogP contribution in [0, 0.1) is 13.8 Å². The molecule has 0 saturated heterocycles. The maximum Gasteiger partial charge on any atom is 0.257 e. The highest BCUT2D eigenvalue weighted by Gasteiger charge is 2.17. The summed E-state index contributed by atoms with van der Waals surface area (Å²) in [7, 11) is 0. The van der Waals surface area contributed by atoms with E-state index in [1.165, 1.54) is 11.3 Å². The van der Waals surface area contributed by atoms with Gasteiger partial charge in [0.2, 0.25) is 10.1 Å². The summed E-state index contributed by atoms with van der Waals surface area (Å²) in [6, 6.07) is 15.4. The Hall–Kier alpha value is -3.06. The maximum atomic E-state index is 12.5. The lowest BCUT2D eigenvalue weighted by molar-refractivity contribution is 0.102. The van der Waals surface area contributed by atoms with Crippen molar-refractivity contribution in [3.8, 4) is 11.4 Å². The molecule has 0 aliphatic heterocycles. The molecule has 25 heavy (non-hydrogen) atoms. The molecule has 0 unspecified atom stereocenters. The first-order valence-electron chi connectivity index (χ1n) is 7.79. The van der Waals surface area contributed by atoms with Gasteiger partial charge < -0.3 is 0 Å². The maximum absolute atomic E-state index is 12.5. The van der Waals surface area contributed by atoms with Crippen molar-refractivity contribution in [2.24, 2.45) is 0 Å². The molecule has 4 aromatic rings. The predicted molar refractivity (Wildman–Crippen MR) is 98.0 cm³/mol. The molecule has 0 bridgehead atoms. The standard InChI is InChI=1S/C18H15N5OS/c1-11-7-3-5-9-13(11)15-20-21-18-23(15)22-17(25-18)19-16(24)14-10-6-4-8-12(14)2/h3-10H,1-2H3,(H,19,22,24). The van der Waals surface area contributed by atoms with Crippen LogP contribution in [0.15, 0.2) is 48.5 Å². The van der Waals surface area contributed by atoms with Crippen molar-refractivity contribution in [1.82, 2.24) is 19.8 Å². The number of nitrogens with one attached hydrogen (secondary N) is 1. The third-order valence-corrected chi connectivity index (χ3v) is 4.80. The zero-order chi connectivity index (χ0) is 17.4. The van der Waals surface area contributed by atoms with Gasteiger partial charge in [-0.05, 0) is 31.0 Å². The van der Waals surface area contributed by atoms with Crippen LogP contribution in [0.3, 0.4) is 0 Å². The molecule has 4 rings (SSSR count). The number of benzene rings is 2. The highest BCUT2D eigenvalue weighted by atomic mass is 32.1. The van der Waals surface area contributed by atoms with Crippen LogP contribution < -0.4 is 5.32 Å². The highest BCUT2D eigenvalue weighted by Crippen LogP contribution is 2.26. The van der Waals surface area contributed by atoms with Gasteiger partial charge in [0.1, 0.15) is 0 Å². The summed E-state index contributed by atoms with van der Waals surface area (Å²) in [5, 5.41) is 16.2. The van der Waals surface area contributed by atoms with E-state index in [0.717, 1.165) is 16.7 Å². The zero-order valence-corrected chi connectivity index (χ0v) is 14.5. The van der Waals surface area contributed by atoms with Crippen LogP contribution in [0.5, 0.6) is 0 Å². The second kappa shape index (κ2) is 6.10. The number of anilines is 1. The van der Waals surface area contributed by atoms with Crippen molar-refractivity contribution < 1.29 is 4.79 Å². The molecular formula is C18H15N5OS. The summed E-state index contributed by atoms with van der Waals surface area (Å²) in [6.07, 6.45) is 0. The molecule has 6 nitrogen and oxygen atoms in total. The van der Waals surface area contributed by atoms with Gasteiger partial charge in [0.05, 0.1) is 0 Å². The number of aryl methyl sites for hydroxylation is 2. The Morgan fingerprint density at radius 1 is 1.00 bits per heavy atom. The summed E-state index contributed by atoms with van der Waals surface area (Å²) < 4.78 is 1.67. The fraction of sp³-hybridized carbons (Fsp3) is 0.111. The van der Waals surface area contributed by atoms with Gasteiger partial charge in [0.15, 0.2) is 5.82 Å². The first kappa shape index (κ1) is 15.5. The highest BCUT2D eigenvalue weighted by molar-refractivity contribution is 7.20. The second-order valence-electron chi connectivity index (χ2n) is 5.71. The Balaban J connectivity index is 1.68. The van der Waals surface area contributed by atoms with Gasteiger partial charge in [0.25, 0.3) is 5.91 Å². The van der Waals surface area contributed by atoms with E-state index >= 15 is 0 Å². The van der Waals surface area contributed by atoms with Crippen LogP contribution in [0.2, 0.25) is 0 Å². The lowest BCUT2D eigenvalue weighted by Gasteiger charge is -2.04. The normalized spacial score (nSPS) is 11.0. The summed E-state index contributed by atoms with van der Waals surface area (Å²) in [5.41, 5.74) is 3.61. The lowest BCUT2D eigenvalue weighted by atomic mass is 10.1. The molecule has 2 heterocycles. The number of carbonyl (C=O) groups is 1. The molecule has 0 fully saturated rings. The van der Waals surface area contributed by atoms with E-state index in [9.17, 15) is 4.79 Å². The van der Waals surface area contributed by atoms with Gasteiger partial charge in [0, 0.05) is 11.1 Å². The van der Waals surface area contributed by atoms with E-state index in [-0.39, 0.29) is 5.91 Å². The molecule has 0 spiro atoms. The van der Waals surface area contributed by atoms with Crippen molar-refractivity contribution in [3.63, 3.8) is 0 Å². The topological polar surface area (TPSA) is 72.2 Å². The first-order valence-corrected chi connectivity index (χ1v) is 8.60. The van der Waals surface area contributed by atoms with Crippen molar-refractivity contribution in [3.05, 3.63) is 65.2 Å². The van der Waals surface area contributed by atoms with Crippen molar-refractivity contribution >= 4 is 27.3 Å². The van der Waals surface area contributed by atoms with Gasteiger partial charge in [-0.1, -0.05) is 53.8 Å². The summed E-state index contributed by atoms with van der Waals surface area (Å²) >= 11 is 1.29. The number of hydrogen-bond acceptors (Lipinski definition) is 5. The Labute approximate surface area is 148 Å². The molecule has 7 heteroatoms. The van der Waals surface area contributed by atoms with Crippen LogP contribution in [-0.2, 0) is 0 Å². The minimum atomic E-state index is -0.180. The monoisotopic (exact) mass is 349 g/mol. The van der Waals surface area contributed by atoms with E-state index in [0.29, 0.717) is 21.5 Å². The van der Waals surface area contributed by atoms with Crippen LogP contribution in [-0.4, -0.2) is 25.7 Å². The lowest BCUT2D eigenvalue weighted by Crippen LogP contribution is -2.13. The number of amides is 1. The smallest absolute Gasteiger partial charge is 0.257 e. The third-order valence-electron chi connectivity index (χ3n) is 3.99. The van der Waals surface area contributed by atoms with Crippen LogP contribution >= 0.6 is 11.3 Å². The Bertz CT molecular complexity index is 1080. The fourth-order valence-corrected chi connectivity index (χ4v) is 3.39. The van der Waals surface area contributed by atoms with Gasteiger partial charge >= 0.3 is 0 Å². The molecule has 0 aliphatic rings. The molecule has 2 aromatic heterocycles. The number of rotatable bonds is 3. The number of hydrogen-bond donors (Lipinski definition) is 1. The van der Waals surface area contributed by atoms with Crippen LogP contribution in [0.1, 0.15) is 21.5 Å². The number of fused-ring (bicyclic) bond motifs is 1. The minimum absolute atomic E-state index is 0.180. The molecule has 0 aliphatic carbocycles.